The van der Waals surface area contributed by atoms with Gasteiger partial charge in [0.05, 0.1) is 6.10 Å². The summed E-state index contributed by atoms with van der Waals surface area (Å²) in [7, 11) is 1.91. The Morgan fingerprint density at radius 2 is 1.84 bits per heavy atom. The summed E-state index contributed by atoms with van der Waals surface area (Å²) in [5, 5.41) is 14.9. The van der Waals surface area contributed by atoms with Crippen molar-refractivity contribution >= 4 is 0 Å². The molecule has 1 atom stereocenters. The minimum Gasteiger partial charge on any atom is -0.392 e. The first-order valence-electron chi connectivity index (χ1n) is 7.65. The third kappa shape index (κ3) is 1.83. The van der Waals surface area contributed by atoms with Crippen molar-refractivity contribution in [3.63, 3.8) is 0 Å². The van der Waals surface area contributed by atoms with Gasteiger partial charge in [0.2, 0.25) is 0 Å². The van der Waals surface area contributed by atoms with Crippen LogP contribution in [0.5, 0.6) is 0 Å². The minimum atomic E-state index is -0.233. The predicted octanol–water partition coefficient (Wildman–Crippen LogP) is 1.93. The quantitative estimate of drug-likeness (QED) is 0.904. The van der Waals surface area contributed by atoms with Crippen LogP contribution < -0.4 is 0 Å². The Balaban J connectivity index is 1.56. The summed E-state index contributed by atoms with van der Waals surface area (Å²) < 4.78 is 1.80. The zero-order valence-corrected chi connectivity index (χ0v) is 11.6. The van der Waals surface area contributed by atoms with Gasteiger partial charge in [0.1, 0.15) is 12.2 Å². The van der Waals surface area contributed by atoms with Gasteiger partial charge >= 0.3 is 0 Å². The van der Waals surface area contributed by atoms with E-state index in [4.69, 9.17) is 0 Å². The molecule has 0 radical (unpaired) electrons. The van der Waals surface area contributed by atoms with E-state index in [1.165, 1.54) is 38.5 Å². The minimum absolute atomic E-state index is 0.195. The summed E-state index contributed by atoms with van der Waals surface area (Å²) in [6, 6.07) is 0. The summed E-state index contributed by atoms with van der Waals surface area (Å²) in [6.07, 6.45) is 10.0. The summed E-state index contributed by atoms with van der Waals surface area (Å²) in [6.45, 7) is 0. The lowest BCUT2D eigenvalue weighted by Gasteiger charge is -2.58. The first-order chi connectivity index (χ1) is 9.14. The fraction of sp³-hybridized carbons (Fsp3) is 0.867. The molecule has 104 valence electrons. The molecule has 0 spiro atoms. The van der Waals surface area contributed by atoms with Gasteiger partial charge in [-0.05, 0) is 61.7 Å². The molecule has 4 bridgehead atoms. The van der Waals surface area contributed by atoms with Crippen molar-refractivity contribution in [2.75, 3.05) is 0 Å². The number of aliphatic hydroxyl groups excluding tert-OH is 1. The molecule has 1 N–H and O–H groups in total. The summed E-state index contributed by atoms with van der Waals surface area (Å²) in [5.74, 6) is 3.59. The molecule has 0 aliphatic heterocycles. The number of rotatable bonds is 3. The van der Waals surface area contributed by atoms with Crippen LogP contribution in [0.25, 0.3) is 0 Å². The van der Waals surface area contributed by atoms with E-state index in [-0.39, 0.29) is 11.5 Å². The molecule has 1 aromatic rings. The second-order valence-corrected chi connectivity index (χ2v) is 7.30. The molecule has 19 heavy (non-hydrogen) atoms. The van der Waals surface area contributed by atoms with Crippen LogP contribution in [0.1, 0.15) is 44.3 Å². The van der Waals surface area contributed by atoms with Gasteiger partial charge in [-0.1, -0.05) is 0 Å². The van der Waals surface area contributed by atoms with Crippen LogP contribution in [0.4, 0.5) is 0 Å². The van der Waals surface area contributed by atoms with E-state index in [1.54, 1.807) is 11.0 Å². The second kappa shape index (κ2) is 4.05. The standard InChI is InChI=1S/C15H23N3O/c1-18-14(16-9-17-18)5-13(19)15-6-10-2-11(7-15)4-12(3-10)8-15/h9-13,19H,2-8H2,1H3. The van der Waals surface area contributed by atoms with Crippen molar-refractivity contribution in [1.82, 2.24) is 14.8 Å². The first kappa shape index (κ1) is 11.9. The van der Waals surface area contributed by atoms with Gasteiger partial charge in [-0.2, -0.15) is 5.10 Å². The van der Waals surface area contributed by atoms with Gasteiger partial charge in [0.25, 0.3) is 0 Å². The van der Waals surface area contributed by atoms with Gasteiger partial charge < -0.3 is 5.11 Å². The SMILES string of the molecule is Cn1ncnc1CC(O)C12CC3CC(CC(C3)C1)C2. The van der Waals surface area contributed by atoms with Gasteiger partial charge in [0.15, 0.2) is 0 Å². The second-order valence-electron chi connectivity index (χ2n) is 7.30. The fourth-order valence-electron chi connectivity index (χ4n) is 5.48. The van der Waals surface area contributed by atoms with Crippen LogP contribution in [-0.2, 0) is 13.5 Å². The first-order valence-corrected chi connectivity index (χ1v) is 7.65. The van der Waals surface area contributed by atoms with E-state index in [1.807, 2.05) is 7.05 Å². The van der Waals surface area contributed by atoms with E-state index >= 15 is 0 Å². The highest BCUT2D eigenvalue weighted by molar-refractivity contribution is 5.06. The lowest BCUT2D eigenvalue weighted by molar-refractivity contribution is -0.120. The summed E-state index contributed by atoms with van der Waals surface area (Å²) in [4.78, 5) is 4.28. The van der Waals surface area contributed by atoms with Crippen LogP contribution in [0.3, 0.4) is 0 Å². The topological polar surface area (TPSA) is 50.9 Å². The predicted molar refractivity (Wildman–Crippen MR) is 71.3 cm³/mol. The van der Waals surface area contributed by atoms with E-state index in [2.05, 4.69) is 10.1 Å². The summed E-state index contributed by atoms with van der Waals surface area (Å²) >= 11 is 0. The van der Waals surface area contributed by atoms with E-state index in [0.717, 1.165) is 23.6 Å². The van der Waals surface area contributed by atoms with Gasteiger partial charge in [0, 0.05) is 13.5 Å². The van der Waals surface area contributed by atoms with Crippen LogP contribution in [0.2, 0.25) is 0 Å². The Kier molecular flexibility index (Phi) is 2.53. The monoisotopic (exact) mass is 261 g/mol. The Hall–Kier alpha value is -0.900. The Bertz CT molecular complexity index is 446. The third-order valence-corrected chi connectivity index (χ3v) is 5.97. The zero-order chi connectivity index (χ0) is 13.0. The van der Waals surface area contributed by atoms with Crippen molar-refractivity contribution in [2.45, 2.75) is 51.0 Å². The largest absolute Gasteiger partial charge is 0.392 e. The summed E-state index contributed by atoms with van der Waals surface area (Å²) in [5.41, 5.74) is 0.195. The molecule has 1 unspecified atom stereocenters. The van der Waals surface area contributed by atoms with Gasteiger partial charge in [-0.3, -0.25) is 4.68 Å². The molecule has 1 heterocycles. The maximum absolute atomic E-state index is 10.8. The maximum atomic E-state index is 10.8. The lowest BCUT2D eigenvalue weighted by Crippen LogP contribution is -2.52. The fourth-order valence-corrected chi connectivity index (χ4v) is 5.48. The van der Waals surface area contributed by atoms with Crippen molar-refractivity contribution in [1.29, 1.82) is 0 Å². The smallest absolute Gasteiger partial charge is 0.138 e. The van der Waals surface area contributed by atoms with E-state index < -0.39 is 0 Å². The van der Waals surface area contributed by atoms with Crippen LogP contribution in [-0.4, -0.2) is 26.0 Å². The van der Waals surface area contributed by atoms with Crippen LogP contribution >= 0.6 is 0 Å². The number of aromatic nitrogens is 3. The number of aliphatic hydroxyl groups is 1. The van der Waals surface area contributed by atoms with Crippen molar-refractivity contribution in [2.24, 2.45) is 30.2 Å². The maximum Gasteiger partial charge on any atom is 0.138 e. The number of nitrogens with zero attached hydrogens (tertiary/aromatic N) is 3. The van der Waals surface area contributed by atoms with Gasteiger partial charge in [-0.15, -0.1) is 0 Å². The highest BCUT2D eigenvalue weighted by atomic mass is 16.3. The molecule has 4 heteroatoms. The lowest BCUT2D eigenvalue weighted by atomic mass is 9.48. The Labute approximate surface area is 114 Å². The molecular weight excluding hydrogens is 238 g/mol. The molecule has 1 aromatic heterocycles. The normalized spacial score (nSPS) is 41.7. The Morgan fingerprint density at radius 3 is 2.32 bits per heavy atom. The van der Waals surface area contributed by atoms with E-state index in [9.17, 15) is 5.11 Å². The van der Waals surface area contributed by atoms with E-state index in [0.29, 0.717) is 6.42 Å². The highest BCUT2D eigenvalue weighted by Gasteiger charge is 2.53. The van der Waals surface area contributed by atoms with Crippen molar-refractivity contribution in [3.05, 3.63) is 12.2 Å². The van der Waals surface area contributed by atoms with Crippen LogP contribution in [0.15, 0.2) is 6.33 Å². The molecule has 4 saturated carbocycles. The number of aryl methyl sites for hydroxylation is 1. The average Bonchev–Trinajstić information content (AvgIpc) is 2.73. The van der Waals surface area contributed by atoms with Crippen molar-refractivity contribution < 1.29 is 5.11 Å². The average molecular weight is 261 g/mol. The molecule has 4 aliphatic rings. The molecule has 0 amide bonds. The highest BCUT2D eigenvalue weighted by Crippen LogP contribution is 2.61. The number of hydrogen-bond donors (Lipinski definition) is 1. The molecule has 4 nitrogen and oxygen atoms in total. The molecule has 0 aromatic carbocycles. The molecule has 4 aliphatic carbocycles. The molecule has 5 rings (SSSR count). The van der Waals surface area contributed by atoms with Gasteiger partial charge in [-0.25, -0.2) is 4.98 Å². The molecular formula is C15H23N3O. The van der Waals surface area contributed by atoms with Crippen LogP contribution in [0, 0.1) is 23.2 Å². The molecule has 0 saturated heterocycles. The number of hydrogen-bond acceptors (Lipinski definition) is 3. The van der Waals surface area contributed by atoms with Crippen molar-refractivity contribution in [3.8, 4) is 0 Å². The zero-order valence-electron chi connectivity index (χ0n) is 11.6. The third-order valence-electron chi connectivity index (χ3n) is 5.97. The Morgan fingerprint density at radius 1 is 1.26 bits per heavy atom. The molecule has 4 fully saturated rings.